The number of hydrogen-bond donors (Lipinski definition) is 3. The summed E-state index contributed by atoms with van der Waals surface area (Å²) in [5.41, 5.74) is -3.91. The summed E-state index contributed by atoms with van der Waals surface area (Å²) >= 11 is 0. The predicted molar refractivity (Wildman–Crippen MR) is 158 cm³/mol. The summed E-state index contributed by atoms with van der Waals surface area (Å²) in [7, 11) is 0. The van der Waals surface area contributed by atoms with Crippen LogP contribution in [-0.4, -0.2) is 87.7 Å². The standard InChI is InChI=1S/C33H42O12/c1-17-13-14-32(7,16-34)29(39)25(38)28(43-21(5)36)19(3)27(42-20(4)35)24-26(45-31(40)23-11-9-8-10-12-23)18(2)15-33(24,41)30(17)44-22(6)37/h8-14,17-18,24-28,30,34,38,41H,3,15-16H2,1-2,4-7H3/b14-13+/t17-,18+,24-,25-,26+,27-,28+,30-,32+,33-/m1/s1. The normalized spacial score (nSPS) is 36.0. The number of aliphatic hydroxyl groups is 3. The molecule has 3 rings (SSSR count). The minimum absolute atomic E-state index is 0.122. The van der Waals surface area contributed by atoms with Gasteiger partial charge in [-0.2, -0.15) is 0 Å². The zero-order chi connectivity index (χ0) is 33.9. The molecule has 0 aliphatic heterocycles. The Bertz CT molecular complexity index is 1340. The van der Waals surface area contributed by atoms with E-state index in [1.165, 1.54) is 31.2 Å². The van der Waals surface area contributed by atoms with Gasteiger partial charge in [-0.25, -0.2) is 4.79 Å². The van der Waals surface area contributed by atoms with Gasteiger partial charge in [-0.1, -0.05) is 50.8 Å². The molecule has 2 aliphatic carbocycles. The van der Waals surface area contributed by atoms with E-state index in [-0.39, 0.29) is 17.6 Å². The lowest BCUT2D eigenvalue weighted by Crippen LogP contribution is -2.59. The number of carbonyl (C=O) groups excluding carboxylic acids is 5. The van der Waals surface area contributed by atoms with Crippen molar-refractivity contribution in [2.24, 2.45) is 23.2 Å². The fourth-order valence-corrected chi connectivity index (χ4v) is 6.34. The van der Waals surface area contributed by atoms with Crippen molar-refractivity contribution < 1.29 is 58.2 Å². The SMILES string of the molecule is C=C1[C@@H](OC(C)=O)[C@H]2[C@@H](OC(=O)c3ccccc3)[C@@H](C)C[C@]2(O)[C@H](OC(C)=O)[C@H](C)/C=C/[C@@](C)(CO)C(=O)[C@H](O)[C@H]1OC(C)=O. The summed E-state index contributed by atoms with van der Waals surface area (Å²) in [5.74, 6) is -7.11. The number of benzene rings is 1. The quantitative estimate of drug-likeness (QED) is 0.237. The Labute approximate surface area is 262 Å². The molecule has 0 saturated heterocycles. The maximum atomic E-state index is 13.7. The van der Waals surface area contributed by atoms with Gasteiger partial charge >= 0.3 is 23.9 Å². The van der Waals surface area contributed by atoms with E-state index >= 15 is 0 Å². The van der Waals surface area contributed by atoms with E-state index in [0.717, 1.165) is 20.8 Å². The van der Waals surface area contributed by atoms with Crippen LogP contribution < -0.4 is 0 Å². The summed E-state index contributed by atoms with van der Waals surface area (Å²) < 4.78 is 22.7. The molecule has 0 aromatic heterocycles. The second-order valence-electron chi connectivity index (χ2n) is 12.2. The molecule has 1 fully saturated rings. The highest BCUT2D eigenvalue weighted by molar-refractivity contribution is 5.91. The molecule has 3 N–H and O–H groups in total. The molecule has 0 heterocycles. The van der Waals surface area contributed by atoms with E-state index in [9.17, 15) is 39.3 Å². The van der Waals surface area contributed by atoms with Crippen molar-refractivity contribution in [3.63, 3.8) is 0 Å². The summed E-state index contributed by atoms with van der Waals surface area (Å²) in [4.78, 5) is 64.2. The number of esters is 4. The molecule has 246 valence electrons. The van der Waals surface area contributed by atoms with Crippen LogP contribution in [0.4, 0.5) is 0 Å². The lowest BCUT2D eigenvalue weighted by atomic mass is 9.71. The van der Waals surface area contributed by atoms with Gasteiger partial charge in [-0.3, -0.25) is 19.2 Å². The van der Waals surface area contributed by atoms with Gasteiger partial charge in [0, 0.05) is 32.3 Å². The van der Waals surface area contributed by atoms with Crippen LogP contribution in [0.2, 0.25) is 0 Å². The maximum absolute atomic E-state index is 13.7. The van der Waals surface area contributed by atoms with E-state index in [1.807, 2.05) is 0 Å². The van der Waals surface area contributed by atoms with Gasteiger partial charge in [0.25, 0.3) is 0 Å². The first-order chi connectivity index (χ1) is 21.0. The second kappa shape index (κ2) is 14.1. The van der Waals surface area contributed by atoms with Crippen LogP contribution in [0.5, 0.6) is 0 Å². The molecule has 1 aromatic rings. The number of aliphatic hydroxyl groups excluding tert-OH is 2. The molecule has 0 amide bonds. The Kier molecular flexibility index (Phi) is 11.1. The van der Waals surface area contributed by atoms with Crippen molar-refractivity contribution in [1.29, 1.82) is 0 Å². The third-order valence-corrected chi connectivity index (χ3v) is 8.51. The smallest absolute Gasteiger partial charge is 0.338 e. The first kappa shape index (κ1) is 35.6. The minimum atomic E-state index is -2.10. The van der Waals surface area contributed by atoms with Crippen molar-refractivity contribution in [3.05, 3.63) is 60.2 Å². The lowest BCUT2D eigenvalue weighted by Gasteiger charge is -2.44. The summed E-state index contributed by atoms with van der Waals surface area (Å²) in [6.45, 7) is 11.1. The topological polar surface area (TPSA) is 183 Å². The fourth-order valence-electron chi connectivity index (χ4n) is 6.34. The largest absolute Gasteiger partial charge is 0.459 e. The molecule has 2 aliphatic rings. The Morgan fingerprint density at radius 3 is 2.02 bits per heavy atom. The Morgan fingerprint density at radius 1 is 0.933 bits per heavy atom. The molecule has 12 heteroatoms. The lowest BCUT2D eigenvalue weighted by molar-refractivity contribution is -0.192. The van der Waals surface area contributed by atoms with Crippen molar-refractivity contribution in [2.45, 2.75) is 84.1 Å². The van der Waals surface area contributed by atoms with Crippen LogP contribution in [0.3, 0.4) is 0 Å². The molecule has 10 atom stereocenters. The summed E-state index contributed by atoms with van der Waals surface area (Å²) in [6.07, 6.45) is -5.48. The third-order valence-electron chi connectivity index (χ3n) is 8.51. The van der Waals surface area contributed by atoms with Gasteiger partial charge in [0.15, 0.2) is 18.0 Å². The highest BCUT2D eigenvalue weighted by atomic mass is 16.6. The maximum Gasteiger partial charge on any atom is 0.338 e. The molecule has 0 bridgehead atoms. The summed E-state index contributed by atoms with van der Waals surface area (Å²) in [5, 5.41) is 34.2. The molecular weight excluding hydrogens is 588 g/mol. The molecule has 45 heavy (non-hydrogen) atoms. The van der Waals surface area contributed by atoms with Gasteiger partial charge in [-0.15, -0.1) is 0 Å². The average Bonchev–Trinajstić information content (AvgIpc) is 3.23. The monoisotopic (exact) mass is 630 g/mol. The molecule has 0 unspecified atom stereocenters. The zero-order valence-corrected chi connectivity index (χ0v) is 26.3. The van der Waals surface area contributed by atoms with E-state index in [0.29, 0.717) is 0 Å². The van der Waals surface area contributed by atoms with Gasteiger partial charge in [0.05, 0.1) is 23.5 Å². The number of ketones is 1. The van der Waals surface area contributed by atoms with Crippen LogP contribution in [0.1, 0.15) is 58.3 Å². The number of ether oxygens (including phenoxy) is 4. The van der Waals surface area contributed by atoms with Crippen LogP contribution in [0.15, 0.2) is 54.6 Å². The number of fused-ring (bicyclic) bond motifs is 1. The van der Waals surface area contributed by atoms with Crippen LogP contribution >= 0.6 is 0 Å². The van der Waals surface area contributed by atoms with Gasteiger partial charge in [-0.05, 0) is 31.4 Å². The third kappa shape index (κ3) is 7.51. The Morgan fingerprint density at radius 2 is 1.49 bits per heavy atom. The summed E-state index contributed by atoms with van der Waals surface area (Å²) in [6, 6.07) is 8.05. The van der Waals surface area contributed by atoms with Gasteiger partial charge in [0.1, 0.15) is 23.9 Å². The molecule has 1 saturated carbocycles. The first-order valence-electron chi connectivity index (χ1n) is 14.7. The van der Waals surface area contributed by atoms with E-state index in [2.05, 4.69) is 6.58 Å². The molecule has 12 nitrogen and oxygen atoms in total. The Hall–Kier alpha value is -3.87. The number of rotatable bonds is 6. The number of hydrogen-bond acceptors (Lipinski definition) is 12. The highest BCUT2D eigenvalue weighted by Crippen LogP contribution is 2.51. The van der Waals surface area contributed by atoms with Crippen molar-refractivity contribution in [3.8, 4) is 0 Å². The van der Waals surface area contributed by atoms with Crippen molar-refractivity contribution in [1.82, 2.24) is 0 Å². The molecular formula is C33H42O12. The molecule has 1 aromatic carbocycles. The molecule has 0 radical (unpaired) electrons. The van der Waals surface area contributed by atoms with E-state index < -0.39 is 95.6 Å². The number of Topliss-reactive ketones (excluding diaryl/α,β-unsaturated/α-hetero) is 1. The highest BCUT2D eigenvalue weighted by Gasteiger charge is 2.64. The van der Waals surface area contributed by atoms with Crippen molar-refractivity contribution in [2.75, 3.05) is 6.61 Å². The predicted octanol–water partition coefficient (Wildman–Crippen LogP) is 2.08. The van der Waals surface area contributed by atoms with Crippen molar-refractivity contribution >= 4 is 29.7 Å². The average molecular weight is 631 g/mol. The Balaban J connectivity index is 2.35. The van der Waals surface area contributed by atoms with E-state index in [4.69, 9.17) is 18.9 Å². The number of carbonyl (C=O) groups is 5. The van der Waals surface area contributed by atoms with Gasteiger partial charge in [0.2, 0.25) is 0 Å². The van der Waals surface area contributed by atoms with Gasteiger partial charge < -0.3 is 34.3 Å². The minimum Gasteiger partial charge on any atom is -0.459 e. The zero-order valence-electron chi connectivity index (χ0n) is 26.3. The first-order valence-corrected chi connectivity index (χ1v) is 14.7. The van der Waals surface area contributed by atoms with Crippen LogP contribution in [0, 0.1) is 23.2 Å². The van der Waals surface area contributed by atoms with Crippen LogP contribution in [-0.2, 0) is 38.1 Å². The fraction of sp³-hybridized carbons (Fsp3) is 0.545. The van der Waals surface area contributed by atoms with E-state index in [1.54, 1.807) is 32.0 Å². The second-order valence-corrected chi connectivity index (χ2v) is 12.2. The molecule has 0 spiro atoms. The van der Waals surface area contributed by atoms with Crippen LogP contribution in [0.25, 0.3) is 0 Å².